The van der Waals surface area contributed by atoms with Crippen molar-refractivity contribution in [3.63, 3.8) is 0 Å². The zero-order chi connectivity index (χ0) is 15.0. The molecule has 1 saturated carbocycles. The van der Waals surface area contributed by atoms with Gasteiger partial charge in [0.1, 0.15) is 0 Å². The number of aliphatic carboxylic acids is 1. The molecule has 1 rings (SSSR count). The van der Waals surface area contributed by atoms with E-state index in [1.807, 2.05) is 13.8 Å². The first-order valence-electron chi connectivity index (χ1n) is 7.78. The highest BCUT2D eigenvalue weighted by molar-refractivity contribution is 5.76. The fourth-order valence-corrected chi connectivity index (χ4v) is 2.86. The number of nitrogens with zero attached hydrogens (tertiary/aromatic N) is 1. The van der Waals surface area contributed by atoms with Crippen LogP contribution in [0, 0.1) is 0 Å². The number of hydrogen-bond acceptors (Lipinski definition) is 3. The van der Waals surface area contributed by atoms with Gasteiger partial charge in [-0.2, -0.15) is 0 Å². The Morgan fingerprint density at radius 3 is 2.50 bits per heavy atom. The van der Waals surface area contributed by atoms with Crippen molar-refractivity contribution in [3.05, 3.63) is 0 Å². The van der Waals surface area contributed by atoms with E-state index in [4.69, 9.17) is 5.11 Å². The Balaban J connectivity index is 2.28. The third-order valence-electron chi connectivity index (χ3n) is 4.10. The Morgan fingerprint density at radius 2 is 1.95 bits per heavy atom. The summed E-state index contributed by atoms with van der Waals surface area (Å²) in [7, 11) is 0. The molecule has 0 aromatic carbocycles. The van der Waals surface area contributed by atoms with E-state index in [0.717, 1.165) is 19.4 Å². The maximum absolute atomic E-state index is 11.9. The van der Waals surface area contributed by atoms with Gasteiger partial charge in [-0.05, 0) is 26.3 Å². The molecular weight excluding hydrogens is 256 g/mol. The largest absolute Gasteiger partial charge is 0.481 e. The second-order valence-electron chi connectivity index (χ2n) is 5.73. The molecule has 0 aliphatic heterocycles. The molecule has 0 spiro atoms. The molecule has 1 atom stereocenters. The molecule has 5 heteroatoms. The summed E-state index contributed by atoms with van der Waals surface area (Å²) in [6.07, 6.45) is 6.47. The number of carbonyl (C=O) groups excluding carboxylic acids is 1. The van der Waals surface area contributed by atoms with Crippen LogP contribution in [-0.4, -0.2) is 47.1 Å². The average molecular weight is 284 g/mol. The molecular formula is C15H28N2O3. The van der Waals surface area contributed by atoms with Crippen LogP contribution in [0.4, 0.5) is 0 Å². The normalized spacial score (nSPS) is 17.9. The lowest BCUT2D eigenvalue weighted by Crippen LogP contribution is -2.40. The molecule has 0 aromatic heterocycles. The molecule has 20 heavy (non-hydrogen) atoms. The molecule has 5 nitrogen and oxygen atoms in total. The predicted octanol–water partition coefficient (Wildman–Crippen LogP) is 2.01. The van der Waals surface area contributed by atoms with E-state index >= 15 is 0 Å². The quantitative estimate of drug-likeness (QED) is 0.715. The van der Waals surface area contributed by atoms with Gasteiger partial charge in [-0.25, -0.2) is 0 Å². The molecule has 1 fully saturated rings. The fraction of sp³-hybridized carbons (Fsp3) is 0.867. The molecule has 1 aliphatic carbocycles. The van der Waals surface area contributed by atoms with Gasteiger partial charge in [0.05, 0.1) is 6.42 Å². The van der Waals surface area contributed by atoms with E-state index < -0.39 is 5.97 Å². The van der Waals surface area contributed by atoms with Crippen LogP contribution in [0.3, 0.4) is 0 Å². The highest BCUT2D eigenvalue weighted by Crippen LogP contribution is 2.17. The van der Waals surface area contributed by atoms with Crippen molar-refractivity contribution in [3.8, 4) is 0 Å². The van der Waals surface area contributed by atoms with Crippen molar-refractivity contribution in [2.45, 2.75) is 70.9 Å². The van der Waals surface area contributed by atoms with Gasteiger partial charge in [0.15, 0.2) is 0 Å². The lowest BCUT2D eigenvalue weighted by Gasteiger charge is -2.27. The molecule has 0 heterocycles. The lowest BCUT2D eigenvalue weighted by molar-refractivity contribution is -0.138. The Kier molecular flexibility index (Phi) is 7.59. The smallest absolute Gasteiger partial charge is 0.304 e. The average Bonchev–Trinajstić information content (AvgIpc) is 2.39. The van der Waals surface area contributed by atoms with Gasteiger partial charge in [-0.1, -0.05) is 26.2 Å². The van der Waals surface area contributed by atoms with Gasteiger partial charge < -0.3 is 10.4 Å². The van der Waals surface area contributed by atoms with Crippen LogP contribution in [0.25, 0.3) is 0 Å². The number of carbonyl (C=O) groups is 2. The molecule has 2 N–H and O–H groups in total. The molecule has 0 saturated heterocycles. The first-order chi connectivity index (χ1) is 9.52. The molecule has 0 bridgehead atoms. The van der Waals surface area contributed by atoms with E-state index in [-0.39, 0.29) is 18.4 Å². The summed E-state index contributed by atoms with van der Waals surface area (Å²) in [4.78, 5) is 24.7. The minimum atomic E-state index is -0.789. The molecule has 116 valence electrons. The van der Waals surface area contributed by atoms with Crippen LogP contribution in [0.1, 0.15) is 58.8 Å². The monoisotopic (exact) mass is 284 g/mol. The van der Waals surface area contributed by atoms with Crippen molar-refractivity contribution < 1.29 is 14.7 Å². The summed E-state index contributed by atoms with van der Waals surface area (Å²) >= 11 is 0. The van der Waals surface area contributed by atoms with Gasteiger partial charge in [0.25, 0.3) is 0 Å². The van der Waals surface area contributed by atoms with Gasteiger partial charge in [0, 0.05) is 25.0 Å². The standard InChI is InChI=1S/C15H28N2O3/c1-3-17(12(2)11-15(19)20)10-9-14(18)16-13-7-5-4-6-8-13/h12-13H,3-11H2,1-2H3,(H,16,18)(H,19,20). The highest BCUT2D eigenvalue weighted by atomic mass is 16.4. The predicted molar refractivity (Wildman–Crippen MR) is 78.6 cm³/mol. The van der Waals surface area contributed by atoms with Crippen LogP contribution < -0.4 is 5.32 Å². The Labute approximate surface area is 121 Å². The number of carboxylic acids is 1. The molecule has 1 unspecified atom stereocenters. The zero-order valence-corrected chi connectivity index (χ0v) is 12.7. The summed E-state index contributed by atoms with van der Waals surface area (Å²) < 4.78 is 0. The Hall–Kier alpha value is -1.10. The number of hydrogen-bond donors (Lipinski definition) is 2. The molecule has 0 radical (unpaired) electrons. The summed E-state index contributed by atoms with van der Waals surface area (Å²) in [5, 5.41) is 11.9. The Bertz CT molecular complexity index is 314. The van der Waals surface area contributed by atoms with E-state index in [0.29, 0.717) is 19.0 Å². The van der Waals surface area contributed by atoms with Crippen LogP contribution in [0.2, 0.25) is 0 Å². The van der Waals surface area contributed by atoms with Gasteiger partial charge >= 0.3 is 5.97 Å². The van der Waals surface area contributed by atoms with Crippen LogP contribution in [0.15, 0.2) is 0 Å². The maximum Gasteiger partial charge on any atom is 0.304 e. The maximum atomic E-state index is 11.9. The number of rotatable bonds is 8. The van der Waals surface area contributed by atoms with Gasteiger partial charge in [-0.3, -0.25) is 14.5 Å². The summed E-state index contributed by atoms with van der Waals surface area (Å²) in [6, 6.07) is 0.322. The van der Waals surface area contributed by atoms with Gasteiger partial charge in [0.2, 0.25) is 5.91 Å². The zero-order valence-electron chi connectivity index (χ0n) is 12.7. The van der Waals surface area contributed by atoms with E-state index in [1.54, 1.807) is 0 Å². The number of amides is 1. The van der Waals surface area contributed by atoms with E-state index in [1.165, 1.54) is 19.3 Å². The minimum absolute atomic E-state index is 0.0278. The summed E-state index contributed by atoms with van der Waals surface area (Å²) in [5.74, 6) is -0.694. The fourth-order valence-electron chi connectivity index (χ4n) is 2.86. The van der Waals surface area contributed by atoms with Crippen molar-refractivity contribution in [1.82, 2.24) is 10.2 Å². The minimum Gasteiger partial charge on any atom is -0.481 e. The molecule has 1 aliphatic rings. The van der Waals surface area contributed by atoms with Crippen molar-refractivity contribution >= 4 is 11.9 Å². The second-order valence-corrected chi connectivity index (χ2v) is 5.73. The summed E-state index contributed by atoms with van der Waals surface area (Å²) in [5.41, 5.74) is 0. The van der Waals surface area contributed by atoms with Crippen molar-refractivity contribution in [2.75, 3.05) is 13.1 Å². The van der Waals surface area contributed by atoms with E-state index in [2.05, 4.69) is 10.2 Å². The molecule has 1 amide bonds. The Morgan fingerprint density at radius 1 is 1.30 bits per heavy atom. The topological polar surface area (TPSA) is 69.6 Å². The third kappa shape index (κ3) is 6.37. The first-order valence-corrected chi connectivity index (χ1v) is 7.78. The first kappa shape index (κ1) is 17.0. The van der Waals surface area contributed by atoms with Crippen molar-refractivity contribution in [2.24, 2.45) is 0 Å². The van der Waals surface area contributed by atoms with Crippen LogP contribution >= 0.6 is 0 Å². The van der Waals surface area contributed by atoms with E-state index in [9.17, 15) is 9.59 Å². The van der Waals surface area contributed by atoms with Crippen LogP contribution in [0.5, 0.6) is 0 Å². The summed E-state index contributed by atoms with van der Waals surface area (Å²) in [6.45, 7) is 5.29. The molecule has 0 aromatic rings. The third-order valence-corrected chi connectivity index (χ3v) is 4.10. The second kappa shape index (κ2) is 8.95. The number of nitrogens with one attached hydrogen (secondary N) is 1. The lowest BCUT2D eigenvalue weighted by atomic mass is 9.95. The van der Waals surface area contributed by atoms with Crippen LogP contribution in [-0.2, 0) is 9.59 Å². The van der Waals surface area contributed by atoms with Gasteiger partial charge in [-0.15, -0.1) is 0 Å². The highest BCUT2D eigenvalue weighted by Gasteiger charge is 2.18. The SMILES string of the molecule is CCN(CCC(=O)NC1CCCCC1)C(C)CC(=O)O. The van der Waals surface area contributed by atoms with Crippen molar-refractivity contribution in [1.29, 1.82) is 0 Å². The number of carboxylic acid groups (broad SMARTS) is 1.